The molecule has 2 aliphatic rings. The molecule has 1 amide bonds. The van der Waals surface area contributed by atoms with E-state index in [1.807, 2.05) is 13.8 Å². The molecule has 1 saturated carbocycles. The molecule has 13 heteroatoms. The average molecular weight is 618 g/mol. The number of aliphatic carboxylic acids is 1. The van der Waals surface area contributed by atoms with Gasteiger partial charge < -0.3 is 14.7 Å². The molecule has 1 saturated heterocycles. The minimum atomic E-state index is -4.94. The number of hydrogen-bond acceptors (Lipinski definition) is 5. The number of aryl methyl sites for hydroxylation is 1. The van der Waals surface area contributed by atoms with Crippen molar-refractivity contribution in [2.24, 2.45) is 5.41 Å². The summed E-state index contributed by atoms with van der Waals surface area (Å²) in [5, 5.41) is 13.6. The summed E-state index contributed by atoms with van der Waals surface area (Å²) in [5.74, 6) is -2.66. The molecule has 2 heterocycles. The van der Waals surface area contributed by atoms with Gasteiger partial charge >= 0.3 is 12.1 Å². The van der Waals surface area contributed by atoms with Crippen LogP contribution in [0.1, 0.15) is 90.9 Å². The van der Waals surface area contributed by atoms with Crippen molar-refractivity contribution < 1.29 is 37.4 Å². The number of nitrogens with zero attached hydrogens (tertiary/aromatic N) is 3. The second kappa shape index (κ2) is 11.2. The van der Waals surface area contributed by atoms with Gasteiger partial charge in [0.1, 0.15) is 0 Å². The summed E-state index contributed by atoms with van der Waals surface area (Å²) < 4.78 is 50.0. The van der Waals surface area contributed by atoms with Gasteiger partial charge in [0, 0.05) is 13.0 Å². The molecule has 4 rings (SSSR count). The Kier molecular flexibility index (Phi) is 8.57. The summed E-state index contributed by atoms with van der Waals surface area (Å²) in [6.45, 7) is 6.29. The summed E-state index contributed by atoms with van der Waals surface area (Å²) in [6, 6.07) is 2.34. The monoisotopic (exact) mass is 617 g/mol. The lowest BCUT2D eigenvalue weighted by Crippen LogP contribution is -2.53. The first kappa shape index (κ1) is 31.3. The second-order valence-electron chi connectivity index (χ2n) is 11.9. The molecule has 1 aromatic carbocycles. The van der Waals surface area contributed by atoms with Crippen molar-refractivity contribution in [2.75, 3.05) is 13.1 Å². The van der Waals surface area contributed by atoms with Crippen molar-refractivity contribution in [1.82, 2.24) is 14.7 Å². The number of Topliss-reactive ketones (excluding diaryl/α,β-unsaturated/α-hetero) is 1. The minimum Gasteiger partial charge on any atom is -0.481 e. The Morgan fingerprint density at radius 3 is 2.20 bits per heavy atom. The van der Waals surface area contributed by atoms with Gasteiger partial charge in [-0.2, -0.15) is 18.3 Å². The summed E-state index contributed by atoms with van der Waals surface area (Å²) in [4.78, 5) is 39.7. The van der Waals surface area contributed by atoms with Crippen LogP contribution in [0.5, 0.6) is 0 Å². The third-order valence-electron chi connectivity index (χ3n) is 7.93. The minimum absolute atomic E-state index is 0.0259. The van der Waals surface area contributed by atoms with Crippen molar-refractivity contribution in [1.29, 1.82) is 0 Å². The topological polar surface area (TPSA) is 102 Å². The largest absolute Gasteiger partial charge is 0.481 e. The number of aromatic nitrogens is 2. The number of carboxylic acids is 1. The summed E-state index contributed by atoms with van der Waals surface area (Å²) in [5.41, 5.74) is -2.74. The van der Waals surface area contributed by atoms with Crippen LogP contribution in [0.4, 0.5) is 13.2 Å². The fourth-order valence-corrected chi connectivity index (χ4v) is 6.53. The number of ether oxygens (including phenoxy) is 1. The van der Waals surface area contributed by atoms with Crippen LogP contribution >= 0.6 is 23.2 Å². The van der Waals surface area contributed by atoms with E-state index in [1.54, 1.807) is 13.8 Å². The van der Waals surface area contributed by atoms with Gasteiger partial charge in [-0.15, -0.1) is 0 Å². The third kappa shape index (κ3) is 6.57. The van der Waals surface area contributed by atoms with E-state index in [-0.39, 0.29) is 47.8 Å². The van der Waals surface area contributed by atoms with Crippen LogP contribution in [0.25, 0.3) is 0 Å². The van der Waals surface area contributed by atoms with Gasteiger partial charge in [0.25, 0.3) is 5.91 Å². The van der Waals surface area contributed by atoms with Gasteiger partial charge in [0.05, 0.1) is 57.1 Å². The molecule has 1 N–H and O–H groups in total. The Hall–Kier alpha value is -2.63. The molecule has 0 spiro atoms. The number of carbonyl (C=O) groups is 3. The highest BCUT2D eigenvalue weighted by Crippen LogP contribution is 2.43. The molecule has 0 radical (unpaired) electrons. The van der Waals surface area contributed by atoms with E-state index in [9.17, 15) is 32.7 Å². The van der Waals surface area contributed by atoms with E-state index < -0.39 is 64.8 Å². The maximum absolute atomic E-state index is 14.5. The number of carbonyl (C=O) groups excluding carboxylic acids is 2. The fraction of sp³-hybridized carbons (Fsp3) is 0.571. The SMILES string of the molecule is Cc1cc(Cl)c(C(=O)CN(CC2CC(C)(C)O2)C(=O)c2cnn(C3CCC(C)(C(=O)O)CC3)c2C(F)(F)F)c(Cl)c1. The first-order chi connectivity index (χ1) is 18.9. The molecule has 1 aliphatic carbocycles. The standard InChI is InChI=1S/C28H32Cl2F3N3O5/c1-15-9-19(29)22(20(30)10-15)21(37)14-35(13-17-11-26(2,3)41-17)24(38)18-12-34-36(23(18)28(31,32)33)16-5-7-27(4,8-6-16)25(39)40/h9-10,12,16-17H,5-8,11,13-14H2,1-4H3,(H,39,40). The molecule has 224 valence electrons. The first-order valence-corrected chi connectivity index (χ1v) is 14.0. The molecular formula is C28H32Cl2F3N3O5. The zero-order valence-corrected chi connectivity index (χ0v) is 24.7. The lowest BCUT2D eigenvalue weighted by molar-refractivity contribution is -0.187. The van der Waals surface area contributed by atoms with E-state index >= 15 is 0 Å². The molecular weight excluding hydrogens is 586 g/mol. The highest BCUT2D eigenvalue weighted by molar-refractivity contribution is 6.40. The molecule has 0 bridgehead atoms. The normalized spacial score (nSPS) is 24.0. The Bertz CT molecular complexity index is 1340. The van der Waals surface area contributed by atoms with Gasteiger partial charge in [-0.05, 0) is 71.1 Å². The maximum Gasteiger partial charge on any atom is 0.433 e. The highest BCUT2D eigenvalue weighted by Gasteiger charge is 2.46. The van der Waals surface area contributed by atoms with E-state index in [4.69, 9.17) is 27.9 Å². The van der Waals surface area contributed by atoms with Crippen LogP contribution in [0.2, 0.25) is 10.0 Å². The second-order valence-corrected chi connectivity index (χ2v) is 12.7. The quantitative estimate of drug-likeness (QED) is 0.334. The predicted octanol–water partition coefficient (Wildman–Crippen LogP) is 6.62. The lowest BCUT2D eigenvalue weighted by Gasteiger charge is -2.44. The first-order valence-electron chi connectivity index (χ1n) is 13.3. The van der Waals surface area contributed by atoms with Crippen LogP contribution in [0.3, 0.4) is 0 Å². The van der Waals surface area contributed by atoms with Crippen molar-refractivity contribution in [3.63, 3.8) is 0 Å². The Morgan fingerprint density at radius 2 is 1.71 bits per heavy atom. The van der Waals surface area contributed by atoms with Crippen LogP contribution < -0.4 is 0 Å². The number of ketones is 1. The van der Waals surface area contributed by atoms with Crippen molar-refractivity contribution in [2.45, 2.75) is 83.7 Å². The van der Waals surface area contributed by atoms with Crippen LogP contribution in [0, 0.1) is 12.3 Å². The zero-order valence-electron chi connectivity index (χ0n) is 23.1. The van der Waals surface area contributed by atoms with Crippen LogP contribution in [0.15, 0.2) is 18.3 Å². The van der Waals surface area contributed by atoms with E-state index in [0.717, 1.165) is 15.8 Å². The number of carboxylic acid groups (broad SMARTS) is 1. The van der Waals surface area contributed by atoms with Gasteiger partial charge in [0.2, 0.25) is 0 Å². The maximum atomic E-state index is 14.5. The number of amides is 1. The average Bonchev–Trinajstić information content (AvgIpc) is 3.27. The molecule has 1 unspecified atom stereocenters. The predicted molar refractivity (Wildman–Crippen MR) is 145 cm³/mol. The van der Waals surface area contributed by atoms with Crippen LogP contribution in [-0.2, 0) is 15.7 Å². The van der Waals surface area contributed by atoms with Crippen molar-refractivity contribution in [3.05, 3.63) is 50.8 Å². The Labute approximate surface area is 245 Å². The number of alkyl halides is 3. The van der Waals surface area contributed by atoms with Crippen molar-refractivity contribution >= 4 is 40.9 Å². The zero-order chi connectivity index (χ0) is 30.5. The molecule has 1 atom stereocenters. The molecule has 8 nitrogen and oxygen atoms in total. The van der Waals surface area contributed by atoms with Gasteiger partial charge in [-0.1, -0.05) is 23.2 Å². The fourth-order valence-electron chi connectivity index (χ4n) is 5.72. The number of rotatable bonds is 8. The van der Waals surface area contributed by atoms with E-state index in [1.165, 1.54) is 12.1 Å². The van der Waals surface area contributed by atoms with E-state index in [0.29, 0.717) is 12.0 Å². The van der Waals surface area contributed by atoms with Crippen molar-refractivity contribution in [3.8, 4) is 0 Å². The third-order valence-corrected chi connectivity index (χ3v) is 8.53. The summed E-state index contributed by atoms with van der Waals surface area (Å²) >= 11 is 12.5. The van der Waals surface area contributed by atoms with Gasteiger partial charge in [-0.3, -0.25) is 19.1 Å². The molecule has 1 aliphatic heterocycles. The molecule has 41 heavy (non-hydrogen) atoms. The molecule has 1 aromatic heterocycles. The van der Waals surface area contributed by atoms with Crippen LogP contribution in [-0.4, -0.2) is 62.2 Å². The molecule has 2 aromatic rings. The molecule has 2 fully saturated rings. The number of halogens is 5. The smallest absolute Gasteiger partial charge is 0.433 e. The number of hydrogen-bond donors (Lipinski definition) is 1. The summed E-state index contributed by atoms with van der Waals surface area (Å²) in [6.07, 6.45) is -3.39. The Morgan fingerprint density at radius 1 is 1.15 bits per heavy atom. The van der Waals surface area contributed by atoms with Gasteiger partial charge in [0.15, 0.2) is 11.5 Å². The highest BCUT2D eigenvalue weighted by atomic mass is 35.5. The summed E-state index contributed by atoms with van der Waals surface area (Å²) in [7, 11) is 0. The Balaban J connectivity index is 1.66. The lowest BCUT2D eigenvalue weighted by atomic mass is 9.74. The van der Waals surface area contributed by atoms with Gasteiger partial charge in [-0.25, -0.2) is 0 Å². The number of benzene rings is 1. The van der Waals surface area contributed by atoms with E-state index in [2.05, 4.69) is 5.10 Å².